The number of rotatable bonds is 6. The van der Waals surface area contributed by atoms with Gasteiger partial charge in [-0.15, -0.1) is 0 Å². The normalized spacial score (nSPS) is 18.8. The summed E-state index contributed by atoms with van der Waals surface area (Å²) in [7, 11) is 4.67. The lowest BCUT2D eigenvalue weighted by Crippen LogP contribution is -2.32. The molecule has 1 aromatic heterocycles. The Labute approximate surface area is 180 Å². The Hall–Kier alpha value is -3.30. The van der Waals surface area contributed by atoms with E-state index in [1.54, 1.807) is 38.1 Å². The van der Waals surface area contributed by atoms with Crippen LogP contribution in [0.2, 0.25) is 0 Å². The van der Waals surface area contributed by atoms with Crippen molar-refractivity contribution in [1.29, 1.82) is 0 Å². The average molecular weight is 429 g/mol. The number of hydrogen-bond donors (Lipinski definition) is 1. The molecule has 2 aromatic rings. The van der Waals surface area contributed by atoms with Gasteiger partial charge in [-0.3, -0.25) is 0 Å². The van der Waals surface area contributed by atoms with Gasteiger partial charge in [0, 0.05) is 17.3 Å². The second kappa shape index (κ2) is 8.83. The summed E-state index contributed by atoms with van der Waals surface area (Å²) < 4.78 is 24.0. The quantitative estimate of drug-likeness (QED) is 0.693. The fraction of sp³-hybridized carbons (Fsp3) is 0.524. The first kappa shape index (κ1) is 21.0. The number of tetrazole rings is 1. The van der Waals surface area contributed by atoms with Gasteiger partial charge in [0.15, 0.2) is 11.5 Å². The molecule has 0 radical (unpaired) electrons. The number of nitrogens with one attached hydrogen (secondary N) is 1. The first-order chi connectivity index (χ1) is 15.1. The molecular formula is C21H27N5O5. The van der Waals surface area contributed by atoms with Crippen molar-refractivity contribution in [1.82, 2.24) is 20.2 Å². The van der Waals surface area contributed by atoms with Crippen LogP contribution in [0.4, 0.5) is 5.95 Å². The standard InChI is InChI=1S/C21H27N5O5/c1-12-18(20(27)31-13-8-6-5-7-9-13)19(26-21(22-12)23-24-25-26)14-10-16(29-3)17(30-4)11-15(14)28-2/h10-11,13,19H,5-9H2,1-4H3,(H,22,23,25). The predicted octanol–water partition coefficient (Wildman–Crippen LogP) is 2.86. The Morgan fingerprint density at radius 1 is 1.03 bits per heavy atom. The van der Waals surface area contributed by atoms with Crippen molar-refractivity contribution in [2.45, 2.75) is 51.2 Å². The van der Waals surface area contributed by atoms with E-state index in [0.29, 0.717) is 40.0 Å². The molecule has 0 saturated heterocycles. The van der Waals surface area contributed by atoms with Crippen LogP contribution in [0.3, 0.4) is 0 Å². The van der Waals surface area contributed by atoms with Gasteiger partial charge in [-0.25, -0.2) is 4.79 Å². The Balaban J connectivity index is 1.80. The van der Waals surface area contributed by atoms with Crippen molar-refractivity contribution in [2.75, 3.05) is 26.6 Å². The van der Waals surface area contributed by atoms with Gasteiger partial charge in [-0.2, -0.15) is 4.68 Å². The van der Waals surface area contributed by atoms with E-state index in [-0.39, 0.29) is 12.1 Å². The van der Waals surface area contributed by atoms with E-state index < -0.39 is 6.04 Å². The van der Waals surface area contributed by atoms with Crippen molar-refractivity contribution >= 4 is 11.9 Å². The molecule has 1 N–H and O–H groups in total. The average Bonchev–Trinajstić information content (AvgIpc) is 3.25. The highest BCUT2D eigenvalue weighted by Crippen LogP contribution is 2.44. The summed E-state index contributed by atoms with van der Waals surface area (Å²) in [6.45, 7) is 1.82. The zero-order chi connectivity index (χ0) is 22.0. The van der Waals surface area contributed by atoms with Crippen molar-refractivity contribution in [3.63, 3.8) is 0 Å². The smallest absolute Gasteiger partial charge is 0.338 e. The number of carbonyl (C=O) groups is 1. The lowest BCUT2D eigenvalue weighted by molar-refractivity contribution is -0.146. The molecule has 31 heavy (non-hydrogen) atoms. The monoisotopic (exact) mass is 429 g/mol. The first-order valence-corrected chi connectivity index (χ1v) is 10.3. The molecule has 2 heterocycles. The maximum atomic E-state index is 13.4. The minimum Gasteiger partial charge on any atom is -0.496 e. The number of nitrogens with zero attached hydrogens (tertiary/aromatic N) is 4. The minimum atomic E-state index is -0.655. The van der Waals surface area contributed by atoms with E-state index in [4.69, 9.17) is 18.9 Å². The van der Waals surface area contributed by atoms with Crippen LogP contribution in [0.5, 0.6) is 17.2 Å². The first-order valence-electron chi connectivity index (χ1n) is 10.3. The molecule has 1 aromatic carbocycles. The van der Waals surface area contributed by atoms with Crippen LogP contribution >= 0.6 is 0 Å². The summed E-state index contributed by atoms with van der Waals surface area (Å²) in [5.74, 6) is 1.57. The number of carbonyl (C=O) groups excluding carboxylic acids is 1. The molecular weight excluding hydrogens is 402 g/mol. The summed E-state index contributed by atoms with van der Waals surface area (Å²) >= 11 is 0. The molecule has 0 spiro atoms. The van der Waals surface area contributed by atoms with Gasteiger partial charge < -0.3 is 24.3 Å². The molecule has 0 bridgehead atoms. The Kier molecular flexibility index (Phi) is 5.97. The van der Waals surface area contributed by atoms with Gasteiger partial charge in [0.2, 0.25) is 5.95 Å². The summed E-state index contributed by atoms with van der Waals surface area (Å²) in [4.78, 5) is 13.4. The van der Waals surface area contributed by atoms with Crippen LogP contribution in [0.25, 0.3) is 0 Å². The van der Waals surface area contributed by atoms with Crippen LogP contribution in [0.1, 0.15) is 50.6 Å². The third-order valence-electron chi connectivity index (χ3n) is 5.79. The maximum Gasteiger partial charge on any atom is 0.338 e. The second-order valence-electron chi connectivity index (χ2n) is 7.63. The van der Waals surface area contributed by atoms with Crippen LogP contribution in [-0.4, -0.2) is 53.6 Å². The van der Waals surface area contributed by atoms with Crippen LogP contribution in [0.15, 0.2) is 23.4 Å². The number of anilines is 1. The number of allylic oxidation sites excluding steroid dienone is 1. The fourth-order valence-electron chi connectivity index (χ4n) is 4.23. The summed E-state index contributed by atoms with van der Waals surface area (Å²) in [5, 5.41) is 15.0. The third kappa shape index (κ3) is 3.89. The maximum absolute atomic E-state index is 13.4. The Morgan fingerprint density at radius 2 is 1.71 bits per heavy atom. The van der Waals surface area contributed by atoms with E-state index in [0.717, 1.165) is 25.7 Å². The predicted molar refractivity (Wildman–Crippen MR) is 111 cm³/mol. The Bertz CT molecular complexity index is 996. The van der Waals surface area contributed by atoms with Crippen LogP contribution in [-0.2, 0) is 9.53 Å². The minimum absolute atomic E-state index is 0.0789. The zero-order valence-electron chi connectivity index (χ0n) is 18.2. The molecule has 1 atom stereocenters. The van der Waals surface area contributed by atoms with Crippen LogP contribution < -0.4 is 19.5 Å². The lowest BCUT2D eigenvalue weighted by atomic mass is 9.93. The van der Waals surface area contributed by atoms with E-state index in [9.17, 15) is 4.79 Å². The summed E-state index contributed by atoms with van der Waals surface area (Å²) in [6, 6.07) is 2.84. The van der Waals surface area contributed by atoms with Gasteiger partial charge in [-0.05, 0) is 49.1 Å². The van der Waals surface area contributed by atoms with Gasteiger partial charge in [0.05, 0.1) is 26.9 Å². The van der Waals surface area contributed by atoms with E-state index in [2.05, 4.69) is 20.8 Å². The van der Waals surface area contributed by atoms with Crippen LogP contribution in [0, 0.1) is 0 Å². The van der Waals surface area contributed by atoms with E-state index in [1.165, 1.54) is 6.42 Å². The Morgan fingerprint density at radius 3 is 2.39 bits per heavy atom. The number of hydrogen-bond acceptors (Lipinski definition) is 9. The van der Waals surface area contributed by atoms with Crippen molar-refractivity contribution in [3.8, 4) is 17.2 Å². The third-order valence-corrected chi connectivity index (χ3v) is 5.79. The van der Waals surface area contributed by atoms with Gasteiger partial charge in [-0.1, -0.05) is 11.5 Å². The number of methoxy groups -OCH3 is 3. The lowest BCUT2D eigenvalue weighted by Gasteiger charge is -2.30. The molecule has 2 aliphatic rings. The molecule has 1 aliphatic carbocycles. The number of aromatic nitrogens is 4. The summed E-state index contributed by atoms with van der Waals surface area (Å²) in [5.41, 5.74) is 1.71. The van der Waals surface area contributed by atoms with Gasteiger partial charge in [0.1, 0.15) is 17.9 Å². The number of ether oxygens (including phenoxy) is 4. The molecule has 4 rings (SSSR count). The van der Waals surface area contributed by atoms with Crippen molar-refractivity contribution in [2.24, 2.45) is 0 Å². The SMILES string of the molecule is COc1cc(OC)c(C2C(C(=O)OC3CCCCC3)=C(C)Nc3nnnn32)cc1OC. The summed E-state index contributed by atoms with van der Waals surface area (Å²) in [6.07, 6.45) is 5.00. The topological polar surface area (TPSA) is 110 Å². The van der Waals surface area contributed by atoms with E-state index >= 15 is 0 Å². The molecule has 1 saturated carbocycles. The molecule has 1 fully saturated rings. The molecule has 166 valence electrons. The molecule has 1 aliphatic heterocycles. The van der Waals surface area contributed by atoms with Crippen molar-refractivity contribution < 1.29 is 23.7 Å². The molecule has 1 unspecified atom stereocenters. The zero-order valence-corrected chi connectivity index (χ0v) is 18.2. The second-order valence-corrected chi connectivity index (χ2v) is 7.63. The highest BCUT2D eigenvalue weighted by Gasteiger charge is 2.38. The van der Waals surface area contributed by atoms with Crippen molar-refractivity contribution in [3.05, 3.63) is 29.0 Å². The number of esters is 1. The van der Waals surface area contributed by atoms with Gasteiger partial charge in [0.25, 0.3) is 0 Å². The highest BCUT2D eigenvalue weighted by molar-refractivity contribution is 5.92. The molecule has 10 heteroatoms. The van der Waals surface area contributed by atoms with E-state index in [1.807, 2.05) is 6.92 Å². The van der Waals surface area contributed by atoms with Gasteiger partial charge >= 0.3 is 5.97 Å². The number of fused-ring (bicyclic) bond motifs is 1. The fourth-order valence-corrected chi connectivity index (χ4v) is 4.23. The highest BCUT2D eigenvalue weighted by atomic mass is 16.5. The number of benzene rings is 1. The molecule has 0 amide bonds. The molecule has 10 nitrogen and oxygen atoms in total. The largest absolute Gasteiger partial charge is 0.496 e.